The molecule has 0 aliphatic heterocycles. The van der Waals surface area contributed by atoms with Crippen LogP contribution in [0.1, 0.15) is 36.7 Å². The Morgan fingerprint density at radius 1 is 1.18 bits per heavy atom. The van der Waals surface area contributed by atoms with E-state index in [4.69, 9.17) is 20.0 Å². The third-order valence-electron chi connectivity index (χ3n) is 6.16. The first-order chi connectivity index (χ1) is 18.7. The predicted octanol–water partition coefficient (Wildman–Crippen LogP) is 4.40. The van der Waals surface area contributed by atoms with Gasteiger partial charge >= 0.3 is 7.82 Å². The van der Waals surface area contributed by atoms with Crippen molar-refractivity contribution in [3.05, 3.63) is 53.3 Å². The Bertz CT molecular complexity index is 1580. The van der Waals surface area contributed by atoms with Gasteiger partial charge in [-0.15, -0.1) is 0 Å². The molecule has 4 rings (SSSR count). The third-order valence-corrected chi connectivity index (χ3v) is 6.71. The van der Waals surface area contributed by atoms with Crippen LogP contribution < -0.4 is 10.3 Å². The first-order valence-electron chi connectivity index (χ1n) is 12.5. The van der Waals surface area contributed by atoms with Crippen molar-refractivity contribution in [2.45, 2.75) is 39.2 Å². The third kappa shape index (κ3) is 6.99. The number of ether oxygens (including phenoxy) is 1. The number of aryl methyl sites for hydroxylation is 1. The fraction of sp³-hybridized carbons (Fsp3) is 0.346. The van der Waals surface area contributed by atoms with Gasteiger partial charge in [-0.05, 0) is 42.8 Å². The molecule has 0 aliphatic carbocycles. The second-order valence-electron chi connectivity index (χ2n) is 8.95. The maximum Gasteiger partial charge on any atom is 0.524 e. The highest BCUT2D eigenvalue weighted by atomic mass is 32.1. The normalized spacial score (nSPS) is 11.7. The number of pyridine rings is 1. The number of anilines is 1. The van der Waals surface area contributed by atoms with E-state index in [-0.39, 0.29) is 23.9 Å². The number of unbranched alkanes of at least 4 members (excludes halogenated alkanes) is 1. The van der Waals surface area contributed by atoms with Gasteiger partial charge in [0, 0.05) is 17.4 Å². The highest BCUT2D eigenvalue weighted by Gasteiger charge is 2.24. The van der Waals surface area contributed by atoms with Crippen LogP contribution in [0.4, 0.5) is 5.82 Å². The van der Waals surface area contributed by atoms with Crippen LogP contribution in [0.3, 0.4) is 0 Å². The zero-order valence-electron chi connectivity index (χ0n) is 21.4. The van der Waals surface area contributed by atoms with Crippen LogP contribution in [0, 0.1) is 0 Å². The van der Waals surface area contributed by atoms with Crippen molar-refractivity contribution < 1.29 is 28.7 Å². The number of rotatable bonds is 13. The number of para-hydroxylation sites is 1. The van der Waals surface area contributed by atoms with E-state index in [0.29, 0.717) is 49.2 Å². The number of nitrogens with zero attached hydrogens (tertiary/aromatic N) is 4. The molecule has 206 valence electrons. The number of hydrogen-bond donors (Lipinski definition) is 4. The number of phosphoric acid groups is 1. The standard InChI is InChI=1S/C26H30N5O6PS/c1-2-3-7-22-30-23-24(31(22)15-18-5-4-6-21(32)25(18)37-38(33,34)35)19-9-8-17(14-20(19)29-26(23)27)10-12-36-13-11-28-16-39/h4-6,8-9,14,32H,2-3,7,10-13,15H2,1H3,(H2,27,29)(H2,33,34,35). The summed E-state index contributed by atoms with van der Waals surface area (Å²) in [5.74, 6) is 0.374. The molecule has 0 aliphatic rings. The average molecular weight is 572 g/mol. The van der Waals surface area contributed by atoms with Gasteiger partial charge < -0.3 is 24.7 Å². The molecule has 39 heavy (non-hydrogen) atoms. The van der Waals surface area contributed by atoms with Crippen molar-refractivity contribution in [1.29, 1.82) is 0 Å². The zero-order chi connectivity index (χ0) is 28.0. The predicted molar refractivity (Wildman–Crippen MR) is 152 cm³/mol. The summed E-state index contributed by atoms with van der Waals surface area (Å²) in [6, 6.07) is 10.5. The van der Waals surface area contributed by atoms with Crippen LogP contribution in [0.2, 0.25) is 0 Å². The van der Waals surface area contributed by atoms with Gasteiger partial charge in [-0.3, -0.25) is 9.79 Å². The molecule has 0 spiro atoms. The first kappa shape index (κ1) is 28.6. The van der Waals surface area contributed by atoms with Crippen molar-refractivity contribution in [2.24, 2.45) is 4.99 Å². The van der Waals surface area contributed by atoms with E-state index in [9.17, 15) is 19.5 Å². The van der Waals surface area contributed by atoms with Gasteiger partial charge in [0.2, 0.25) is 0 Å². The number of phenolic OH excluding ortho intramolecular Hbond substituents is 1. The molecule has 4 aromatic rings. The van der Waals surface area contributed by atoms with Gasteiger partial charge in [0.1, 0.15) is 11.3 Å². The molecular formula is C26H30N5O6PS. The van der Waals surface area contributed by atoms with Crippen LogP contribution in [-0.4, -0.2) is 54.3 Å². The maximum absolute atomic E-state index is 11.6. The largest absolute Gasteiger partial charge is 0.524 e. The van der Waals surface area contributed by atoms with Gasteiger partial charge in [0.05, 0.1) is 42.5 Å². The molecule has 0 bridgehead atoms. The summed E-state index contributed by atoms with van der Waals surface area (Å²) >= 11 is 4.55. The minimum Gasteiger partial charge on any atom is -0.504 e. The summed E-state index contributed by atoms with van der Waals surface area (Å²) in [5.41, 5.74) is 9.76. The van der Waals surface area contributed by atoms with Crippen molar-refractivity contribution >= 4 is 53.0 Å². The Balaban J connectivity index is 1.77. The fourth-order valence-electron chi connectivity index (χ4n) is 4.39. The zero-order valence-corrected chi connectivity index (χ0v) is 23.1. The van der Waals surface area contributed by atoms with Crippen LogP contribution >= 0.6 is 20.0 Å². The molecule has 5 N–H and O–H groups in total. The van der Waals surface area contributed by atoms with E-state index in [1.165, 1.54) is 6.07 Å². The Kier molecular flexibility index (Phi) is 9.29. The lowest BCUT2D eigenvalue weighted by atomic mass is 10.1. The number of isothiocyanates is 1. The van der Waals surface area contributed by atoms with E-state index in [1.807, 2.05) is 22.8 Å². The molecule has 0 saturated heterocycles. The Hall–Kier alpha value is -3.37. The number of imidazole rings is 1. The summed E-state index contributed by atoms with van der Waals surface area (Å²) in [7, 11) is -4.92. The van der Waals surface area contributed by atoms with Gasteiger partial charge in [-0.2, -0.15) is 0 Å². The first-order valence-corrected chi connectivity index (χ1v) is 14.4. The number of nitrogen functional groups attached to an aromatic ring is 1. The van der Waals surface area contributed by atoms with Gasteiger partial charge in [-0.25, -0.2) is 19.5 Å². The topological polar surface area (TPSA) is 165 Å². The quantitative estimate of drug-likeness (QED) is 0.0782. The number of benzene rings is 2. The van der Waals surface area contributed by atoms with E-state index < -0.39 is 7.82 Å². The highest BCUT2D eigenvalue weighted by Crippen LogP contribution is 2.44. The summed E-state index contributed by atoms with van der Waals surface area (Å²) in [4.78, 5) is 32.1. The second-order valence-corrected chi connectivity index (χ2v) is 10.3. The molecule has 0 atom stereocenters. The number of phosphoric ester groups is 1. The number of aromatic nitrogens is 3. The molecule has 13 heteroatoms. The van der Waals surface area contributed by atoms with Crippen LogP contribution in [-0.2, 0) is 28.7 Å². The molecule has 0 fully saturated rings. The Labute approximate surface area is 230 Å². The number of phenols is 1. The highest BCUT2D eigenvalue weighted by molar-refractivity contribution is 7.78. The van der Waals surface area contributed by atoms with E-state index in [1.54, 1.807) is 12.1 Å². The lowest BCUT2D eigenvalue weighted by Crippen LogP contribution is -2.08. The monoisotopic (exact) mass is 571 g/mol. The van der Waals surface area contributed by atoms with Crippen LogP contribution in [0.25, 0.3) is 21.9 Å². The van der Waals surface area contributed by atoms with Gasteiger partial charge in [-0.1, -0.05) is 37.6 Å². The maximum atomic E-state index is 11.6. The molecule has 0 saturated carbocycles. The summed E-state index contributed by atoms with van der Waals surface area (Å²) in [5, 5.41) is 13.5. The number of aromatic hydroxyl groups is 1. The summed E-state index contributed by atoms with van der Waals surface area (Å²) in [6.07, 6.45) is 3.15. The Morgan fingerprint density at radius 2 is 2.00 bits per heavy atom. The van der Waals surface area contributed by atoms with Crippen LogP contribution in [0.5, 0.6) is 11.5 Å². The van der Waals surface area contributed by atoms with Crippen molar-refractivity contribution in [3.8, 4) is 11.5 Å². The molecule has 11 nitrogen and oxygen atoms in total. The molecule has 0 radical (unpaired) electrons. The summed E-state index contributed by atoms with van der Waals surface area (Å²) in [6.45, 7) is 3.66. The van der Waals surface area contributed by atoms with Gasteiger partial charge in [0.25, 0.3) is 0 Å². The van der Waals surface area contributed by atoms with Gasteiger partial charge in [0.15, 0.2) is 17.3 Å². The smallest absolute Gasteiger partial charge is 0.504 e. The molecule has 2 aromatic carbocycles. The second kappa shape index (κ2) is 12.7. The minimum atomic E-state index is -4.92. The molecular weight excluding hydrogens is 541 g/mol. The minimum absolute atomic E-state index is 0.137. The fourth-order valence-corrected chi connectivity index (χ4v) is 4.93. The van der Waals surface area contributed by atoms with E-state index in [2.05, 4.69) is 34.3 Å². The summed E-state index contributed by atoms with van der Waals surface area (Å²) < 4.78 is 24.0. The molecule has 0 unspecified atom stereocenters. The number of fused-ring (bicyclic) bond motifs is 3. The van der Waals surface area contributed by atoms with E-state index >= 15 is 0 Å². The lowest BCUT2D eigenvalue weighted by molar-refractivity contribution is 0.145. The van der Waals surface area contributed by atoms with Crippen molar-refractivity contribution in [1.82, 2.24) is 14.5 Å². The lowest BCUT2D eigenvalue weighted by Gasteiger charge is -2.16. The SMILES string of the molecule is CCCCc1nc2c(N)nc3cc(CCOCCN=C=S)ccc3c2n1Cc1cccc(O)c1OP(=O)(O)O. The van der Waals surface area contributed by atoms with Crippen LogP contribution in [0.15, 0.2) is 41.4 Å². The molecule has 2 aromatic heterocycles. The molecule has 2 heterocycles. The number of nitrogens with two attached hydrogens (primary N) is 1. The number of thiocarbonyl (C=S) groups is 1. The van der Waals surface area contributed by atoms with E-state index in [0.717, 1.165) is 35.1 Å². The van der Waals surface area contributed by atoms with Crippen molar-refractivity contribution in [2.75, 3.05) is 25.5 Å². The number of aliphatic imine (C=N–C) groups is 1. The molecule has 0 amide bonds. The number of hydrogen-bond acceptors (Lipinski definition) is 9. The average Bonchev–Trinajstić information content (AvgIpc) is 3.25. The van der Waals surface area contributed by atoms with Crippen molar-refractivity contribution in [3.63, 3.8) is 0 Å². The Morgan fingerprint density at radius 3 is 2.74 bits per heavy atom.